The first-order valence-electron chi connectivity index (χ1n) is 9.29. The number of nitrogens with one attached hydrogen (secondary N) is 1. The van der Waals surface area contributed by atoms with E-state index in [0.717, 1.165) is 23.1 Å². The summed E-state index contributed by atoms with van der Waals surface area (Å²) in [7, 11) is -1.89. The predicted octanol–water partition coefficient (Wildman–Crippen LogP) is 4.08. The summed E-state index contributed by atoms with van der Waals surface area (Å²) in [6.07, 6.45) is 1.76. The smallest absolute Gasteiger partial charge is 0.232 e. The van der Waals surface area contributed by atoms with Gasteiger partial charge in [-0.1, -0.05) is 29.8 Å². The van der Waals surface area contributed by atoms with Crippen molar-refractivity contribution in [3.8, 4) is 5.75 Å². The molecule has 2 aromatic carbocycles. The molecule has 0 aliphatic heterocycles. The molecule has 2 rings (SSSR count). The molecule has 2 aromatic rings. The summed E-state index contributed by atoms with van der Waals surface area (Å²) in [6, 6.07) is 12.4. The van der Waals surface area contributed by atoms with Crippen molar-refractivity contribution in [2.24, 2.45) is 0 Å². The third-order valence-corrected chi connectivity index (χ3v) is 6.01. The Morgan fingerprint density at radius 3 is 2.45 bits per heavy atom. The highest BCUT2D eigenvalue weighted by Crippen LogP contribution is 2.26. The minimum atomic E-state index is -3.50. The topological polar surface area (TPSA) is 75.7 Å². The molecule has 0 saturated carbocycles. The predicted molar refractivity (Wildman–Crippen MR) is 117 cm³/mol. The molecule has 6 nitrogen and oxygen atoms in total. The highest BCUT2D eigenvalue weighted by Gasteiger charge is 2.20. The second-order valence-corrected chi connectivity index (χ2v) is 9.28. The standard InChI is InChI=1S/C21H27ClN2O4S/c1-15-7-10-18(22)14-20(15)24(29(4,26)27)13-5-6-21(25)23-16(2)17-8-11-19(28-3)12-9-17/h7-12,14,16H,5-6,13H2,1-4H3,(H,23,25). The van der Waals surface area contributed by atoms with E-state index < -0.39 is 10.0 Å². The third kappa shape index (κ3) is 6.65. The van der Waals surface area contributed by atoms with Gasteiger partial charge in [0.15, 0.2) is 0 Å². The number of hydrogen-bond donors (Lipinski definition) is 1. The number of halogens is 1. The zero-order valence-corrected chi connectivity index (χ0v) is 18.7. The maximum absolute atomic E-state index is 12.3. The van der Waals surface area contributed by atoms with Gasteiger partial charge < -0.3 is 10.1 Å². The molecular weight excluding hydrogens is 412 g/mol. The summed E-state index contributed by atoms with van der Waals surface area (Å²) < 4.78 is 31.0. The highest BCUT2D eigenvalue weighted by atomic mass is 35.5. The molecule has 1 atom stereocenters. The molecule has 1 amide bonds. The zero-order chi connectivity index (χ0) is 21.6. The fourth-order valence-corrected chi connectivity index (χ4v) is 4.17. The molecule has 29 heavy (non-hydrogen) atoms. The van der Waals surface area contributed by atoms with Gasteiger partial charge in [0.05, 0.1) is 25.1 Å². The van der Waals surface area contributed by atoms with Crippen LogP contribution in [0.3, 0.4) is 0 Å². The fourth-order valence-electron chi connectivity index (χ4n) is 2.99. The first kappa shape index (κ1) is 23.0. The second kappa shape index (κ2) is 9.98. The van der Waals surface area contributed by atoms with Crippen LogP contribution in [-0.4, -0.2) is 34.2 Å². The van der Waals surface area contributed by atoms with E-state index in [1.165, 1.54) is 4.31 Å². The molecule has 0 bridgehead atoms. The Balaban J connectivity index is 1.96. The van der Waals surface area contributed by atoms with Crippen molar-refractivity contribution in [3.63, 3.8) is 0 Å². The van der Waals surface area contributed by atoms with Gasteiger partial charge in [-0.2, -0.15) is 0 Å². The number of anilines is 1. The number of nitrogens with zero attached hydrogens (tertiary/aromatic N) is 1. The van der Waals surface area contributed by atoms with Crippen LogP contribution in [0, 0.1) is 6.92 Å². The maximum atomic E-state index is 12.3. The van der Waals surface area contributed by atoms with E-state index in [9.17, 15) is 13.2 Å². The largest absolute Gasteiger partial charge is 0.497 e. The van der Waals surface area contributed by atoms with Crippen LogP contribution in [0.25, 0.3) is 0 Å². The van der Waals surface area contributed by atoms with Crippen molar-refractivity contribution >= 4 is 33.2 Å². The van der Waals surface area contributed by atoms with Crippen molar-refractivity contribution in [1.82, 2.24) is 5.32 Å². The van der Waals surface area contributed by atoms with Crippen LogP contribution in [0.2, 0.25) is 5.02 Å². The lowest BCUT2D eigenvalue weighted by atomic mass is 10.1. The van der Waals surface area contributed by atoms with E-state index in [2.05, 4.69) is 5.32 Å². The van der Waals surface area contributed by atoms with Gasteiger partial charge in [0.2, 0.25) is 15.9 Å². The average molecular weight is 439 g/mol. The minimum absolute atomic E-state index is 0.135. The Morgan fingerprint density at radius 1 is 1.21 bits per heavy atom. The van der Waals surface area contributed by atoms with Gasteiger partial charge in [0.1, 0.15) is 5.75 Å². The number of sulfonamides is 1. The fraction of sp³-hybridized carbons (Fsp3) is 0.381. The quantitative estimate of drug-likeness (QED) is 0.640. The molecule has 8 heteroatoms. The first-order valence-corrected chi connectivity index (χ1v) is 11.5. The van der Waals surface area contributed by atoms with Crippen LogP contribution in [0.5, 0.6) is 5.75 Å². The number of carbonyl (C=O) groups is 1. The normalized spacial score (nSPS) is 12.3. The van der Waals surface area contributed by atoms with Crippen molar-refractivity contribution in [2.75, 3.05) is 24.2 Å². The highest BCUT2D eigenvalue weighted by molar-refractivity contribution is 7.92. The molecule has 0 radical (unpaired) electrons. The molecule has 0 aliphatic carbocycles. The van der Waals surface area contributed by atoms with Gasteiger partial charge in [-0.25, -0.2) is 8.42 Å². The Kier molecular flexibility index (Phi) is 7.93. The molecular formula is C21H27ClN2O4S. The van der Waals surface area contributed by atoms with Crippen LogP contribution in [0.15, 0.2) is 42.5 Å². The third-order valence-electron chi connectivity index (χ3n) is 4.60. The second-order valence-electron chi connectivity index (χ2n) is 6.93. The van der Waals surface area contributed by atoms with Gasteiger partial charge in [-0.05, 0) is 55.7 Å². The first-order chi connectivity index (χ1) is 13.6. The van der Waals surface area contributed by atoms with Gasteiger partial charge >= 0.3 is 0 Å². The summed E-state index contributed by atoms with van der Waals surface area (Å²) in [4.78, 5) is 12.3. The molecule has 0 aliphatic rings. The molecule has 1 unspecified atom stereocenters. The number of benzene rings is 2. The van der Waals surface area contributed by atoms with Crippen LogP contribution in [-0.2, 0) is 14.8 Å². The molecule has 0 fully saturated rings. The zero-order valence-electron chi connectivity index (χ0n) is 17.1. The molecule has 0 aromatic heterocycles. The van der Waals surface area contributed by atoms with Gasteiger partial charge in [-0.3, -0.25) is 9.10 Å². The average Bonchev–Trinajstić information content (AvgIpc) is 2.66. The lowest BCUT2D eigenvalue weighted by molar-refractivity contribution is -0.121. The number of methoxy groups -OCH3 is 1. The number of rotatable bonds is 9. The number of carbonyl (C=O) groups excluding carboxylic acids is 1. The Hall–Kier alpha value is -2.25. The molecule has 0 saturated heterocycles. The van der Waals surface area contributed by atoms with E-state index in [1.54, 1.807) is 25.3 Å². The Labute approximate surface area is 177 Å². The molecule has 158 valence electrons. The maximum Gasteiger partial charge on any atom is 0.232 e. The van der Waals surface area contributed by atoms with Crippen LogP contribution in [0.4, 0.5) is 5.69 Å². The van der Waals surface area contributed by atoms with Crippen molar-refractivity contribution < 1.29 is 17.9 Å². The Bertz CT molecular complexity index is 946. The van der Waals surface area contributed by atoms with Crippen molar-refractivity contribution in [3.05, 3.63) is 58.6 Å². The number of amides is 1. The van der Waals surface area contributed by atoms with Gasteiger partial charge in [0, 0.05) is 18.0 Å². The Morgan fingerprint density at radius 2 is 1.86 bits per heavy atom. The van der Waals surface area contributed by atoms with E-state index >= 15 is 0 Å². The van der Waals surface area contributed by atoms with Crippen molar-refractivity contribution in [2.45, 2.75) is 32.7 Å². The summed E-state index contributed by atoms with van der Waals surface area (Å²) >= 11 is 6.04. The van der Waals surface area contributed by atoms with Crippen LogP contribution >= 0.6 is 11.6 Å². The lowest BCUT2D eigenvalue weighted by Crippen LogP contribution is -2.33. The van der Waals surface area contributed by atoms with Gasteiger partial charge in [0.25, 0.3) is 0 Å². The van der Waals surface area contributed by atoms with E-state index in [1.807, 2.05) is 38.1 Å². The lowest BCUT2D eigenvalue weighted by Gasteiger charge is -2.24. The summed E-state index contributed by atoms with van der Waals surface area (Å²) in [5.74, 6) is 0.619. The number of aryl methyl sites for hydroxylation is 1. The molecule has 0 spiro atoms. The summed E-state index contributed by atoms with van der Waals surface area (Å²) in [5.41, 5.74) is 2.30. The molecule has 1 N–H and O–H groups in total. The van der Waals surface area contributed by atoms with E-state index in [0.29, 0.717) is 17.1 Å². The minimum Gasteiger partial charge on any atom is -0.497 e. The van der Waals surface area contributed by atoms with Crippen LogP contribution in [0.1, 0.15) is 36.9 Å². The summed E-state index contributed by atoms with van der Waals surface area (Å²) in [5, 5.41) is 3.40. The molecule has 0 heterocycles. The van der Waals surface area contributed by atoms with E-state index in [-0.39, 0.29) is 24.9 Å². The summed E-state index contributed by atoms with van der Waals surface area (Å²) in [6.45, 7) is 3.93. The number of ether oxygens (including phenoxy) is 1. The number of hydrogen-bond acceptors (Lipinski definition) is 4. The van der Waals surface area contributed by atoms with Crippen molar-refractivity contribution in [1.29, 1.82) is 0 Å². The van der Waals surface area contributed by atoms with Crippen LogP contribution < -0.4 is 14.4 Å². The monoisotopic (exact) mass is 438 g/mol. The van der Waals surface area contributed by atoms with E-state index in [4.69, 9.17) is 16.3 Å². The van der Waals surface area contributed by atoms with Gasteiger partial charge in [-0.15, -0.1) is 0 Å². The SMILES string of the molecule is COc1ccc(C(C)NC(=O)CCCN(c2cc(Cl)ccc2C)S(C)(=O)=O)cc1.